The van der Waals surface area contributed by atoms with E-state index in [-0.39, 0.29) is 5.91 Å². The minimum absolute atomic E-state index is 0.127. The van der Waals surface area contributed by atoms with Gasteiger partial charge in [0.25, 0.3) is 0 Å². The van der Waals surface area contributed by atoms with Gasteiger partial charge >= 0.3 is 0 Å². The number of aryl methyl sites for hydroxylation is 1. The first-order valence-corrected chi connectivity index (χ1v) is 9.86. The maximum atomic E-state index is 12.5. The maximum Gasteiger partial charge on any atom is 0.238 e. The SMILES string of the molecule is O=C(CCc1nc(-c2ccco2)no1)N1CCN(C/C=C/c2ccccc2)CC1. The van der Waals surface area contributed by atoms with Crippen molar-refractivity contribution < 1.29 is 13.7 Å². The summed E-state index contributed by atoms with van der Waals surface area (Å²) < 4.78 is 10.5. The van der Waals surface area contributed by atoms with E-state index in [0.29, 0.717) is 30.3 Å². The fourth-order valence-corrected chi connectivity index (χ4v) is 3.32. The minimum Gasteiger partial charge on any atom is -0.461 e. The second-order valence-electron chi connectivity index (χ2n) is 6.98. The molecule has 0 aliphatic carbocycles. The summed E-state index contributed by atoms with van der Waals surface area (Å²) in [5.74, 6) is 1.55. The van der Waals surface area contributed by atoms with E-state index >= 15 is 0 Å². The maximum absolute atomic E-state index is 12.5. The van der Waals surface area contributed by atoms with E-state index in [1.54, 1.807) is 18.4 Å². The molecule has 3 heterocycles. The van der Waals surface area contributed by atoms with Gasteiger partial charge in [-0.3, -0.25) is 9.69 Å². The average Bonchev–Trinajstić information content (AvgIpc) is 3.45. The molecule has 29 heavy (non-hydrogen) atoms. The van der Waals surface area contributed by atoms with Gasteiger partial charge < -0.3 is 13.8 Å². The average molecular weight is 392 g/mol. The van der Waals surface area contributed by atoms with Gasteiger partial charge in [0.05, 0.1) is 6.26 Å². The molecule has 1 fully saturated rings. The summed E-state index contributed by atoms with van der Waals surface area (Å²) in [7, 11) is 0. The number of rotatable bonds is 7. The van der Waals surface area contributed by atoms with Crippen LogP contribution in [-0.4, -0.2) is 58.6 Å². The number of furan rings is 1. The molecule has 1 aromatic carbocycles. The topological polar surface area (TPSA) is 75.6 Å². The van der Waals surface area contributed by atoms with Gasteiger partial charge in [0, 0.05) is 45.6 Å². The highest BCUT2D eigenvalue weighted by atomic mass is 16.5. The van der Waals surface area contributed by atoms with Crippen molar-refractivity contribution in [2.75, 3.05) is 32.7 Å². The highest BCUT2D eigenvalue weighted by molar-refractivity contribution is 5.76. The van der Waals surface area contributed by atoms with Crippen LogP contribution in [-0.2, 0) is 11.2 Å². The summed E-state index contributed by atoms with van der Waals surface area (Å²) in [5.41, 5.74) is 1.21. The number of carbonyl (C=O) groups excluding carboxylic acids is 1. The molecule has 0 atom stereocenters. The molecular formula is C22H24N4O3. The van der Waals surface area contributed by atoms with Gasteiger partial charge in [-0.05, 0) is 17.7 Å². The van der Waals surface area contributed by atoms with Crippen LogP contribution in [0.5, 0.6) is 0 Å². The van der Waals surface area contributed by atoms with Crippen LogP contribution in [0, 0.1) is 0 Å². The summed E-state index contributed by atoms with van der Waals surface area (Å²) in [6.45, 7) is 4.16. The Morgan fingerprint density at radius 1 is 1.07 bits per heavy atom. The smallest absolute Gasteiger partial charge is 0.238 e. The Kier molecular flexibility index (Phi) is 6.16. The van der Waals surface area contributed by atoms with Gasteiger partial charge in [-0.15, -0.1) is 0 Å². The molecule has 1 aliphatic heterocycles. The molecular weight excluding hydrogens is 368 g/mol. The Hall–Kier alpha value is -3.19. The number of amides is 1. The van der Waals surface area contributed by atoms with Crippen LogP contribution in [0.4, 0.5) is 0 Å². The first kappa shape index (κ1) is 19.1. The molecule has 0 radical (unpaired) electrons. The van der Waals surface area contributed by atoms with Crippen LogP contribution in [0.1, 0.15) is 17.9 Å². The highest BCUT2D eigenvalue weighted by Gasteiger charge is 2.21. The number of benzene rings is 1. The van der Waals surface area contributed by atoms with E-state index in [4.69, 9.17) is 8.94 Å². The second-order valence-corrected chi connectivity index (χ2v) is 6.98. The Morgan fingerprint density at radius 2 is 1.90 bits per heavy atom. The number of hydrogen-bond donors (Lipinski definition) is 0. The lowest BCUT2D eigenvalue weighted by Gasteiger charge is -2.34. The van der Waals surface area contributed by atoms with Crippen LogP contribution in [0.2, 0.25) is 0 Å². The predicted octanol–water partition coefficient (Wildman–Crippen LogP) is 3.12. The molecule has 0 unspecified atom stereocenters. The fraction of sp³-hybridized carbons (Fsp3) is 0.318. The lowest BCUT2D eigenvalue weighted by Crippen LogP contribution is -2.48. The molecule has 0 spiro atoms. The van der Waals surface area contributed by atoms with E-state index < -0.39 is 0 Å². The number of carbonyl (C=O) groups is 1. The van der Waals surface area contributed by atoms with Crippen molar-refractivity contribution >= 4 is 12.0 Å². The molecule has 2 aromatic heterocycles. The standard InChI is InChI=1S/C22H24N4O3/c27-21(11-10-20-23-22(24-29-20)19-9-5-17-28-19)26-15-13-25(14-16-26)12-4-8-18-6-2-1-3-7-18/h1-9,17H,10-16H2/b8-4+. The second kappa shape index (κ2) is 9.34. The van der Waals surface area contributed by atoms with E-state index in [2.05, 4.69) is 39.3 Å². The van der Waals surface area contributed by atoms with E-state index in [9.17, 15) is 4.79 Å². The van der Waals surface area contributed by atoms with Crippen molar-refractivity contribution in [3.05, 3.63) is 66.3 Å². The van der Waals surface area contributed by atoms with Crippen molar-refractivity contribution in [1.29, 1.82) is 0 Å². The lowest BCUT2D eigenvalue weighted by atomic mass is 10.2. The summed E-state index contributed by atoms with van der Waals surface area (Å²) in [4.78, 5) is 21.1. The van der Waals surface area contributed by atoms with Crippen LogP contribution in [0.3, 0.4) is 0 Å². The zero-order chi connectivity index (χ0) is 19.9. The molecule has 7 nitrogen and oxygen atoms in total. The summed E-state index contributed by atoms with van der Waals surface area (Å²) >= 11 is 0. The molecule has 1 aliphatic rings. The molecule has 1 amide bonds. The molecule has 3 aromatic rings. The van der Waals surface area contributed by atoms with Crippen LogP contribution < -0.4 is 0 Å². The number of aromatic nitrogens is 2. The molecule has 0 saturated carbocycles. The van der Waals surface area contributed by atoms with Gasteiger partial charge in [0.1, 0.15) is 0 Å². The third-order valence-electron chi connectivity index (χ3n) is 4.96. The van der Waals surface area contributed by atoms with Crippen molar-refractivity contribution in [3.8, 4) is 11.6 Å². The Bertz CT molecular complexity index is 926. The summed E-state index contributed by atoms with van der Waals surface area (Å²) in [6.07, 6.45) is 6.68. The van der Waals surface area contributed by atoms with Crippen LogP contribution in [0.25, 0.3) is 17.7 Å². The van der Waals surface area contributed by atoms with Gasteiger partial charge in [-0.1, -0.05) is 47.6 Å². The zero-order valence-electron chi connectivity index (χ0n) is 16.2. The highest BCUT2D eigenvalue weighted by Crippen LogP contribution is 2.16. The Morgan fingerprint density at radius 3 is 2.66 bits per heavy atom. The summed E-state index contributed by atoms with van der Waals surface area (Å²) in [6, 6.07) is 13.8. The molecule has 4 rings (SSSR count). The monoisotopic (exact) mass is 392 g/mol. The van der Waals surface area contributed by atoms with Gasteiger partial charge in [0.2, 0.25) is 17.6 Å². The van der Waals surface area contributed by atoms with Crippen molar-refractivity contribution in [3.63, 3.8) is 0 Å². The molecule has 7 heteroatoms. The van der Waals surface area contributed by atoms with Crippen molar-refractivity contribution in [2.24, 2.45) is 0 Å². The Labute approximate surface area is 169 Å². The third-order valence-corrected chi connectivity index (χ3v) is 4.96. The normalized spacial score (nSPS) is 15.2. The number of hydrogen-bond acceptors (Lipinski definition) is 6. The fourth-order valence-electron chi connectivity index (χ4n) is 3.32. The number of nitrogens with zero attached hydrogens (tertiary/aromatic N) is 4. The zero-order valence-corrected chi connectivity index (χ0v) is 16.2. The van der Waals surface area contributed by atoms with Gasteiger partial charge in [-0.2, -0.15) is 4.98 Å². The molecule has 0 N–H and O–H groups in total. The van der Waals surface area contributed by atoms with E-state index in [1.807, 2.05) is 23.1 Å². The van der Waals surface area contributed by atoms with Crippen LogP contribution >= 0.6 is 0 Å². The van der Waals surface area contributed by atoms with E-state index in [0.717, 1.165) is 32.7 Å². The Balaban J connectivity index is 1.19. The molecule has 1 saturated heterocycles. The summed E-state index contributed by atoms with van der Waals surface area (Å²) in [5, 5.41) is 3.89. The van der Waals surface area contributed by atoms with Crippen molar-refractivity contribution in [1.82, 2.24) is 19.9 Å². The van der Waals surface area contributed by atoms with Crippen molar-refractivity contribution in [2.45, 2.75) is 12.8 Å². The molecule has 0 bridgehead atoms. The predicted molar refractivity (Wildman–Crippen MR) is 109 cm³/mol. The van der Waals surface area contributed by atoms with Crippen LogP contribution in [0.15, 0.2) is 63.7 Å². The number of piperazine rings is 1. The third kappa shape index (κ3) is 5.20. The van der Waals surface area contributed by atoms with Gasteiger partial charge in [0.15, 0.2) is 5.76 Å². The lowest BCUT2D eigenvalue weighted by molar-refractivity contribution is -0.132. The largest absolute Gasteiger partial charge is 0.461 e. The quantitative estimate of drug-likeness (QED) is 0.615. The first-order valence-electron chi connectivity index (χ1n) is 9.86. The molecule has 150 valence electrons. The van der Waals surface area contributed by atoms with Gasteiger partial charge in [-0.25, -0.2) is 0 Å². The minimum atomic E-state index is 0.127. The first-order chi connectivity index (χ1) is 14.3. The van der Waals surface area contributed by atoms with E-state index in [1.165, 1.54) is 5.56 Å².